The van der Waals surface area contributed by atoms with Crippen LogP contribution in [0.2, 0.25) is 0 Å². The van der Waals surface area contributed by atoms with Gasteiger partial charge in [-0.1, -0.05) is 57.1 Å². The molecule has 0 fully saturated rings. The standard InChI is InChI=1S/C19H30O3/c1-17-12-11-13-19(18(17)16-21)22-15-10-8-6-4-2-3-5-7-9-14-20/h11-13,16,20H,2-10,14-15H2,1H3. The van der Waals surface area contributed by atoms with E-state index in [-0.39, 0.29) is 0 Å². The van der Waals surface area contributed by atoms with E-state index in [2.05, 4.69) is 0 Å². The van der Waals surface area contributed by atoms with Crippen molar-refractivity contribution in [3.8, 4) is 5.75 Å². The Balaban J connectivity index is 2.02. The fraction of sp³-hybridized carbons (Fsp3) is 0.632. The Bertz CT molecular complexity index is 415. The van der Waals surface area contributed by atoms with E-state index in [9.17, 15) is 4.79 Å². The van der Waals surface area contributed by atoms with E-state index in [0.29, 0.717) is 24.5 Å². The van der Waals surface area contributed by atoms with Crippen molar-refractivity contribution in [1.82, 2.24) is 0 Å². The second-order valence-electron chi connectivity index (χ2n) is 5.86. The van der Waals surface area contributed by atoms with Gasteiger partial charge >= 0.3 is 0 Å². The van der Waals surface area contributed by atoms with Crippen molar-refractivity contribution in [2.24, 2.45) is 0 Å². The lowest BCUT2D eigenvalue weighted by molar-refractivity contribution is 0.111. The minimum atomic E-state index is 0.326. The maximum Gasteiger partial charge on any atom is 0.154 e. The lowest BCUT2D eigenvalue weighted by Gasteiger charge is -2.10. The molecule has 0 bridgehead atoms. The smallest absolute Gasteiger partial charge is 0.154 e. The summed E-state index contributed by atoms with van der Waals surface area (Å²) in [5.41, 5.74) is 1.64. The Morgan fingerprint density at radius 3 is 2.14 bits per heavy atom. The molecule has 124 valence electrons. The lowest BCUT2D eigenvalue weighted by Crippen LogP contribution is -2.01. The van der Waals surface area contributed by atoms with Gasteiger partial charge < -0.3 is 9.84 Å². The summed E-state index contributed by atoms with van der Waals surface area (Å²) < 4.78 is 5.73. The number of aryl methyl sites for hydroxylation is 1. The minimum absolute atomic E-state index is 0.326. The predicted octanol–water partition coefficient (Wildman–Crippen LogP) is 4.69. The van der Waals surface area contributed by atoms with Crippen LogP contribution in [0.3, 0.4) is 0 Å². The molecule has 0 heterocycles. The van der Waals surface area contributed by atoms with E-state index >= 15 is 0 Å². The van der Waals surface area contributed by atoms with Crippen molar-refractivity contribution in [2.75, 3.05) is 13.2 Å². The maximum absolute atomic E-state index is 11.1. The van der Waals surface area contributed by atoms with E-state index in [1.54, 1.807) is 0 Å². The molecule has 1 rings (SSSR count). The zero-order valence-corrected chi connectivity index (χ0v) is 13.9. The molecule has 1 aromatic carbocycles. The molecule has 0 spiro atoms. The first-order valence-electron chi connectivity index (χ1n) is 8.58. The molecule has 22 heavy (non-hydrogen) atoms. The van der Waals surface area contributed by atoms with E-state index in [1.165, 1.54) is 38.5 Å². The first-order chi connectivity index (χ1) is 10.8. The second-order valence-corrected chi connectivity index (χ2v) is 5.86. The van der Waals surface area contributed by atoms with Crippen molar-refractivity contribution >= 4 is 6.29 Å². The van der Waals surface area contributed by atoms with E-state index in [1.807, 2.05) is 25.1 Å². The quantitative estimate of drug-likeness (QED) is 0.425. The molecule has 0 aliphatic rings. The molecule has 0 aliphatic carbocycles. The molecule has 0 unspecified atom stereocenters. The molecule has 0 amide bonds. The highest BCUT2D eigenvalue weighted by Gasteiger charge is 2.05. The van der Waals surface area contributed by atoms with Crippen LogP contribution in [0.15, 0.2) is 18.2 Å². The van der Waals surface area contributed by atoms with E-state index < -0.39 is 0 Å². The fourth-order valence-electron chi connectivity index (χ4n) is 2.56. The third kappa shape index (κ3) is 7.60. The topological polar surface area (TPSA) is 46.5 Å². The Morgan fingerprint density at radius 1 is 0.955 bits per heavy atom. The highest BCUT2D eigenvalue weighted by atomic mass is 16.5. The molecule has 3 nitrogen and oxygen atoms in total. The average molecular weight is 306 g/mol. The highest BCUT2D eigenvalue weighted by molar-refractivity contribution is 5.81. The van der Waals surface area contributed by atoms with Gasteiger partial charge in [-0.3, -0.25) is 4.79 Å². The first kappa shape index (κ1) is 18.7. The van der Waals surface area contributed by atoms with Crippen molar-refractivity contribution < 1.29 is 14.6 Å². The lowest BCUT2D eigenvalue weighted by atomic mass is 10.1. The van der Waals surface area contributed by atoms with Gasteiger partial charge in [0.05, 0.1) is 12.2 Å². The van der Waals surface area contributed by atoms with E-state index in [4.69, 9.17) is 9.84 Å². The van der Waals surface area contributed by atoms with Gasteiger partial charge in [0.1, 0.15) is 5.75 Å². The molecule has 3 heteroatoms. The third-order valence-corrected chi connectivity index (χ3v) is 3.96. The maximum atomic E-state index is 11.1. The summed E-state index contributed by atoms with van der Waals surface area (Å²) in [6.07, 6.45) is 11.5. The number of aliphatic hydroxyl groups excluding tert-OH is 1. The number of carbonyl (C=O) groups excluding carboxylic acids is 1. The number of ether oxygens (including phenoxy) is 1. The van der Waals surface area contributed by atoms with Gasteiger partial charge in [-0.15, -0.1) is 0 Å². The van der Waals surface area contributed by atoms with Crippen molar-refractivity contribution in [3.05, 3.63) is 29.3 Å². The summed E-state index contributed by atoms with van der Waals surface area (Å²) in [6, 6.07) is 5.72. The summed E-state index contributed by atoms with van der Waals surface area (Å²) >= 11 is 0. The monoisotopic (exact) mass is 306 g/mol. The molecule has 0 saturated carbocycles. The first-order valence-corrected chi connectivity index (χ1v) is 8.58. The fourth-order valence-corrected chi connectivity index (χ4v) is 2.56. The number of unbranched alkanes of at least 4 members (excludes halogenated alkanes) is 8. The van der Waals surface area contributed by atoms with Crippen LogP contribution in [0, 0.1) is 6.92 Å². The van der Waals surface area contributed by atoms with E-state index in [0.717, 1.165) is 31.1 Å². The zero-order valence-electron chi connectivity index (χ0n) is 13.9. The normalized spacial score (nSPS) is 10.6. The second kappa shape index (κ2) is 12.2. The molecule has 0 saturated heterocycles. The van der Waals surface area contributed by atoms with Crippen LogP contribution in [0.4, 0.5) is 0 Å². The summed E-state index contributed by atoms with van der Waals surface area (Å²) in [5.74, 6) is 0.707. The zero-order chi connectivity index (χ0) is 16.0. The van der Waals surface area contributed by atoms with Gasteiger partial charge in [-0.2, -0.15) is 0 Å². The number of rotatable bonds is 13. The van der Waals surface area contributed by atoms with Gasteiger partial charge in [0.25, 0.3) is 0 Å². The van der Waals surface area contributed by atoms with Crippen LogP contribution in [-0.4, -0.2) is 24.6 Å². The minimum Gasteiger partial charge on any atom is -0.493 e. The van der Waals surface area contributed by atoms with Gasteiger partial charge in [-0.05, 0) is 31.4 Å². The van der Waals surface area contributed by atoms with Gasteiger partial charge in [0.2, 0.25) is 0 Å². The highest BCUT2D eigenvalue weighted by Crippen LogP contribution is 2.20. The molecular formula is C19H30O3. The van der Waals surface area contributed by atoms with Crippen LogP contribution in [0.5, 0.6) is 5.75 Å². The summed E-state index contributed by atoms with van der Waals surface area (Å²) in [5, 5.41) is 8.69. The number of aliphatic hydroxyl groups is 1. The molecule has 0 radical (unpaired) electrons. The van der Waals surface area contributed by atoms with Crippen LogP contribution >= 0.6 is 0 Å². The number of aldehydes is 1. The molecule has 0 aliphatic heterocycles. The molecular weight excluding hydrogens is 276 g/mol. The molecule has 1 N–H and O–H groups in total. The van der Waals surface area contributed by atoms with Gasteiger partial charge in [0.15, 0.2) is 6.29 Å². The Morgan fingerprint density at radius 2 is 1.55 bits per heavy atom. The van der Waals surface area contributed by atoms with Gasteiger partial charge in [-0.25, -0.2) is 0 Å². The molecule has 0 atom stereocenters. The largest absolute Gasteiger partial charge is 0.493 e. The molecule has 1 aromatic rings. The Labute approximate surface area is 134 Å². The summed E-state index contributed by atoms with van der Waals surface area (Å²) in [7, 11) is 0. The van der Waals surface area contributed by atoms with Crippen molar-refractivity contribution in [3.63, 3.8) is 0 Å². The van der Waals surface area contributed by atoms with Crippen molar-refractivity contribution in [2.45, 2.75) is 64.7 Å². The van der Waals surface area contributed by atoms with Crippen LogP contribution in [0.25, 0.3) is 0 Å². The number of hydrogen-bond donors (Lipinski definition) is 1. The number of hydrogen-bond acceptors (Lipinski definition) is 3. The van der Waals surface area contributed by atoms with Gasteiger partial charge in [0, 0.05) is 6.61 Å². The SMILES string of the molecule is Cc1cccc(OCCCCCCCCCCCO)c1C=O. The van der Waals surface area contributed by atoms with Crippen LogP contribution < -0.4 is 4.74 Å². The Hall–Kier alpha value is -1.35. The van der Waals surface area contributed by atoms with Crippen molar-refractivity contribution in [1.29, 1.82) is 0 Å². The Kier molecular flexibility index (Phi) is 10.4. The average Bonchev–Trinajstić information content (AvgIpc) is 2.52. The predicted molar refractivity (Wildman–Crippen MR) is 90.7 cm³/mol. The molecule has 0 aromatic heterocycles. The number of benzene rings is 1. The number of carbonyl (C=O) groups is 1. The third-order valence-electron chi connectivity index (χ3n) is 3.96. The van der Waals surface area contributed by atoms with Crippen LogP contribution in [-0.2, 0) is 0 Å². The summed E-state index contributed by atoms with van der Waals surface area (Å²) in [4.78, 5) is 11.1. The van der Waals surface area contributed by atoms with Crippen LogP contribution in [0.1, 0.15) is 73.7 Å². The summed E-state index contributed by atoms with van der Waals surface area (Å²) in [6.45, 7) is 2.94.